The van der Waals surface area contributed by atoms with Gasteiger partial charge in [-0.15, -0.1) is 0 Å². The third-order valence-corrected chi connectivity index (χ3v) is 4.16. The lowest BCUT2D eigenvalue weighted by atomic mass is 10.2. The highest BCUT2D eigenvalue weighted by Crippen LogP contribution is 2.23. The summed E-state index contributed by atoms with van der Waals surface area (Å²) in [6, 6.07) is 6.00. The van der Waals surface area contributed by atoms with Crippen LogP contribution < -0.4 is 10.2 Å². The summed E-state index contributed by atoms with van der Waals surface area (Å²) < 4.78 is 27.9. The number of sulfone groups is 1. The van der Waals surface area contributed by atoms with E-state index in [0.717, 1.165) is 6.26 Å². The van der Waals surface area contributed by atoms with Gasteiger partial charge < -0.3 is 10.1 Å². The molecule has 1 heterocycles. The minimum Gasteiger partial charge on any atom is -0.442 e. The highest BCUT2D eigenvalue weighted by atomic mass is 32.2. The summed E-state index contributed by atoms with van der Waals surface area (Å²) in [5.74, 6) is -0.193. The van der Waals surface area contributed by atoms with Gasteiger partial charge in [-0.1, -0.05) is 0 Å². The lowest BCUT2D eigenvalue weighted by Gasteiger charge is -2.13. The van der Waals surface area contributed by atoms with Crippen molar-refractivity contribution in [2.24, 2.45) is 0 Å². The van der Waals surface area contributed by atoms with Crippen LogP contribution in [-0.2, 0) is 19.4 Å². The minimum absolute atomic E-state index is 0.189. The van der Waals surface area contributed by atoms with E-state index in [0.29, 0.717) is 12.2 Å². The zero-order valence-electron chi connectivity index (χ0n) is 11.7. The lowest BCUT2D eigenvalue weighted by Crippen LogP contribution is -2.33. The molecular weight excluding hydrogens is 296 g/mol. The van der Waals surface area contributed by atoms with Gasteiger partial charge in [-0.3, -0.25) is 9.69 Å². The predicted octanol–water partition coefficient (Wildman–Crippen LogP) is 0.551. The quantitative estimate of drug-likeness (QED) is 0.876. The van der Waals surface area contributed by atoms with Crippen molar-refractivity contribution in [3.05, 3.63) is 24.3 Å². The number of carbonyl (C=O) groups excluding carboxylic acids is 2. The highest BCUT2D eigenvalue weighted by molar-refractivity contribution is 7.90. The van der Waals surface area contributed by atoms with E-state index in [4.69, 9.17) is 4.74 Å². The lowest BCUT2D eigenvalue weighted by molar-refractivity contribution is -0.119. The van der Waals surface area contributed by atoms with Crippen LogP contribution in [0.25, 0.3) is 0 Å². The highest BCUT2D eigenvalue weighted by Gasteiger charge is 2.32. The average Bonchev–Trinajstić information content (AvgIpc) is 2.77. The van der Waals surface area contributed by atoms with Crippen molar-refractivity contribution < 1.29 is 22.7 Å². The van der Waals surface area contributed by atoms with Gasteiger partial charge in [0.15, 0.2) is 9.84 Å². The first kappa shape index (κ1) is 15.3. The van der Waals surface area contributed by atoms with Crippen molar-refractivity contribution in [3.63, 3.8) is 0 Å². The summed E-state index contributed by atoms with van der Waals surface area (Å²) in [6.07, 6.45) is 0.184. The number of carbonyl (C=O) groups is 2. The van der Waals surface area contributed by atoms with E-state index in [1.165, 1.54) is 24.0 Å². The molecule has 21 heavy (non-hydrogen) atoms. The molecule has 0 radical (unpaired) electrons. The number of cyclic esters (lactones) is 1. The first-order chi connectivity index (χ1) is 9.77. The standard InChI is InChI=1S/C13H16N2O5S/c1-9(16)14-7-11-8-15(13(17)20-11)10-3-5-12(6-4-10)21(2,18)19/h3-6,11H,7-8H2,1-2H3,(H,14,16)/t11-/m0/s1. The molecule has 1 atom stereocenters. The van der Waals surface area contributed by atoms with Crippen LogP contribution in [0.5, 0.6) is 0 Å². The van der Waals surface area contributed by atoms with Crippen LogP contribution in [0.3, 0.4) is 0 Å². The number of nitrogens with zero attached hydrogens (tertiary/aromatic N) is 1. The van der Waals surface area contributed by atoms with Gasteiger partial charge in [0.05, 0.1) is 18.0 Å². The van der Waals surface area contributed by atoms with Crippen LogP contribution in [0, 0.1) is 0 Å². The summed E-state index contributed by atoms with van der Waals surface area (Å²) in [7, 11) is -3.27. The Hall–Kier alpha value is -2.09. The molecule has 1 fully saturated rings. The first-order valence-corrected chi connectivity index (χ1v) is 8.19. The van der Waals surface area contributed by atoms with E-state index in [9.17, 15) is 18.0 Å². The fourth-order valence-corrected chi connectivity index (χ4v) is 2.60. The van der Waals surface area contributed by atoms with E-state index >= 15 is 0 Å². The van der Waals surface area contributed by atoms with Gasteiger partial charge in [0.1, 0.15) is 6.10 Å². The monoisotopic (exact) mass is 312 g/mol. The third kappa shape index (κ3) is 3.72. The zero-order chi connectivity index (χ0) is 15.6. The summed E-state index contributed by atoms with van der Waals surface area (Å²) >= 11 is 0. The minimum atomic E-state index is -3.27. The topological polar surface area (TPSA) is 92.8 Å². The molecule has 0 spiro atoms. The second kappa shape index (κ2) is 5.72. The second-order valence-electron chi connectivity index (χ2n) is 4.82. The fourth-order valence-electron chi connectivity index (χ4n) is 1.97. The number of ether oxygens (including phenoxy) is 1. The van der Waals surface area contributed by atoms with Crippen molar-refractivity contribution >= 4 is 27.5 Å². The number of amides is 2. The molecular formula is C13H16N2O5S. The SMILES string of the molecule is CC(=O)NC[C@H]1CN(c2ccc(S(C)(=O)=O)cc2)C(=O)O1. The molecule has 1 aliphatic heterocycles. The molecule has 1 aromatic rings. The Labute approximate surface area is 122 Å². The molecule has 8 heteroatoms. The molecule has 2 amide bonds. The smallest absolute Gasteiger partial charge is 0.414 e. The Morgan fingerprint density at radius 1 is 1.38 bits per heavy atom. The predicted molar refractivity (Wildman–Crippen MR) is 75.9 cm³/mol. The molecule has 114 valence electrons. The zero-order valence-corrected chi connectivity index (χ0v) is 12.5. The molecule has 7 nitrogen and oxygen atoms in total. The third-order valence-electron chi connectivity index (χ3n) is 3.03. The van der Waals surface area contributed by atoms with Gasteiger partial charge in [-0.25, -0.2) is 13.2 Å². The normalized spacial score (nSPS) is 18.5. The van der Waals surface area contributed by atoms with Crippen molar-refractivity contribution in [1.29, 1.82) is 0 Å². The van der Waals surface area contributed by atoms with Crippen LogP contribution in [0.4, 0.5) is 10.5 Å². The molecule has 1 N–H and O–H groups in total. The van der Waals surface area contributed by atoms with Crippen LogP contribution in [0.2, 0.25) is 0 Å². The van der Waals surface area contributed by atoms with Gasteiger partial charge in [-0.2, -0.15) is 0 Å². The first-order valence-electron chi connectivity index (χ1n) is 6.30. The maximum absolute atomic E-state index is 11.8. The van der Waals surface area contributed by atoms with Crippen LogP contribution >= 0.6 is 0 Å². The molecule has 0 saturated carbocycles. The van der Waals surface area contributed by atoms with E-state index < -0.39 is 22.0 Å². The number of benzene rings is 1. The number of nitrogens with one attached hydrogen (secondary N) is 1. The molecule has 1 aromatic carbocycles. The molecule has 0 bridgehead atoms. The summed E-state index contributed by atoms with van der Waals surface area (Å²) in [6.45, 7) is 1.94. The van der Waals surface area contributed by atoms with E-state index in [1.807, 2.05) is 0 Å². The number of rotatable bonds is 4. The number of hydrogen-bond acceptors (Lipinski definition) is 5. The Morgan fingerprint density at radius 3 is 2.52 bits per heavy atom. The van der Waals surface area contributed by atoms with Crippen LogP contribution in [-0.4, -0.2) is 45.9 Å². The van der Waals surface area contributed by atoms with Gasteiger partial charge in [0.25, 0.3) is 0 Å². The van der Waals surface area contributed by atoms with E-state index in [-0.39, 0.29) is 17.3 Å². The Bertz CT molecular complexity index is 654. The molecule has 2 rings (SSSR count). The maximum Gasteiger partial charge on any atom is 0.414 e. The van der Waals surface area contributed by atoms with E-state index in [1.54, 1.807) is 12.1 Å². The van der Waals surface area contributed by atoms with Crippen molar-refractivity contribution in [2.45, 2.75) is 17.9 Å². The van der Waals surface area contributed by atoms with Crippen molar-refractivity contribution in [3.8, 4) is 0 Å². The molecule has 0 unspecified atom stereocenters. The van der Waals surface area contributed by atoms with Crippen molar-refractivity contribution in [2.75, 3.05) is 24.2 Å². The Balaban J connectivity index is 2.08. The summed E-state index contributed by atoms with van der Waals surface area (Å²) in [5, 5.41) is 2.59. The van der Waals surface area contributed by atoms with Gasteiger partial charge in [0, 0.05) is 18.9 Å². The van der Waals surface area contributed by atoms with Crippen LogP contribution in [0.15, 0.2) is 29.2 Å². The van der Waals surface area contributed by atoms with Gasteiger partial charge >= 0.3 is 6.09 Å². The van der Waals surface area contributed by atoms with Gasteiger partial charge in [0.2, 0.25) is 5.91 Å². The second-order valence-corrected chi connectivity index (χ2v) is 6.84. The average molecular weight is 312 g/mol. The van der Waals surface area contributed by atoms with Crippen LogP contribution in [0.1, 0.15) is 6.92 Å². The molecule has 0 aromatic heterocycles. The Kier molecular flexibility index (Phi) is 4.17. The molecule has 1 aliphatic rings. The molecule has 1 saturated heterocycles. The summed E-state index contributed by atoms with van der Waals surface area (Å²) in [5.41, 5.74) is 0.553. The maximum atomic E-state index is 11.8. The largest absolute Gasteiger partial charge is 0.442 e. The summed E-state index contributed by atoms with van der Waals surface area (Å²) in [4.78, 5) is 24.2. The van der Waals surface area contributed by atoms with E-state index in [2.05, 4.69) is 5.32 Å². The molecule has 0 aliphatic carbocycles. The Morgan fingerprint density at radius 2 is 2.00 bits per heavy atom. The number of anilines is 1. The van der Waals surface area contributed by atoms with Gasteiger partial charge in [-0.05, 0) is 24.3 Å². The number of hydrogen-bond donors (Lipinski definition) is 1. The van der Waals surface area contributed by atoms with Crippen molar-refractivity contribution in [1.82, 2.24) is 5.32 Å². The fraction of sp³-hybridized carbons (Fsp3) is 0.385.